The third kappa shape index (κ3) is 5.38. The molecule has 1 aliphatic rings. The Bertz CT molecular complexity index is 526. The maximum atomic E-state index is 12.4. The molecule has 1 fully saturated rings. The molecule has 0 spiro atoms. The van der Waals surface area contributed by atoms with Gasteiger partial charge < -0.3 is 15.2 Å². The zero-order valence-electron chi connectivity index (χ0n) is 13.3. The molecule has 0 bridgehead atoms. The number of nitrogens with one attached hydrogen (secondary N) is 2. The number of nitrogens with zero attached hydrogens (tertiary/aromatic N) is 5. The highest BCUT2D eigenvalue weighted by Crippen LogP contribution is 2.19. The maximum Gasteiger partial charge on any atom is 0.401 e. The van der Waals surface area contributed by atoms with Gasteiger partial charge in [0, 0.05) is 32.7 Å². The van der Waals surface area contributed by atoms with E-state index in [9.17, 15) is 13.2 Å². The van der Waals surface area contributed by atoms with E-state index in [-0.39, 0.29) is 6.04 Å². The van der Waals surface area contributed by atoms with Gasteiger partial charge in [0.2, 0.25) is 0 Å². The van der Waals surface area contributed by atoms with Crippen molar-refractivity contribution in [3.8, 4) is 0 Å². The summed E-state index contributed by atoms with van der Waals surface area (Å²) in [6.07, 6.45) is -1.85. The minimum absolute atomic E-state index is 0.0485. The number of guanidine groups is 1. The van der Waals surface area contributed by atoms with Crippen molar-refractivity contribution in [3.63, 3.8) is 0 Å². The first kappa shape index (κ1) is 17.5. The van der Waals surface area contributed by atoms with Gasteiger partial charge in [-0.2, -0.15) is 13.2 Å². The van der Waals surface area contributed by atoms with Gasteiger partial charge in [0.1, 0.15) is 6.33 Å². The Balaban J connectivity index is 1.79. The van der Waals surface area contributed by atoms with Gasteiger partial charge in [0.05, 0.1) is 13.1 Å². The molecule has 0 saturated carbocycles. The van der Waals surface area contributed by atoms with E-state index in [4.69, 9.17) is 0 Å². The van der Waals surface area contributed by atoms with Gasteiger partial charge in [-0.1, -0.05) is 0 Å². The van der Waals surface area contributed by atoms with E-state index in [0.29, 0.717) is 32.0 Å². The molecule has 0 radical (unpaired) electrons. The largest absolute Gasteiger partial charge is 0.401 e. The standard InChI is InChI=1S/C13H22F3N7/c1-3-23-9-19-21-11(23)6-18-12(17-2)20-10-4-5-22(7-10)8-13(14,15)16/h9-10H,3-8H2,1-2H3,(H2,17,18,20). The van der Waals surface area contributed by atoms with Crippen LogP contribution in [0.5, 0.6) is 0 Å². The van der Waals surface area contributed by atoms with Crippen molar-refractivity contribution in [2.45, 2.75) is 38.7 Å². The van der Waals surface area contributed by atoms with E-state index < -0.39 is 12.7 Å². The van der Waals surface area contributed by atoms with Crippen molar-refractivity contribution in [2.75, 3.05) is 26.7 Å². The Kier molecular flexibility index (Phi) is 5.80. The van der Waals surface area contributed by atoms with Crippen LogP contribution in [0.4, 0.5) is 13.2 Å². The van der Waals surface area contributed by atoms with E-state index in [0.717, 1.165) is 12.4 Å². The van der Waals surface area contributed by atoms with Gasteiger partial charge in [0.15, 0.2) is 11.8 Å². The first-order valence-corrected chi connectivity index (χ1v) is 7.54. The molecule has 1 saturated heterocycles. The van der Waals surface area contributed by atoms with Crippen molar-refractivity contribution >= 4 is 5.96 Å². The molecule has 130 valence electrons. The van der Waals surface area contributed by atoms with Gasteiger partial charge in [0.25, 0.3) is 0 Å². The van der Waals surface area contributed by atoms with Crippen molar-refractivity contribution < 1.29 is 13.2 Å². The number of rotatable bonds is 5. The molecule has 2 N–H and O–H groups in total. The van der Waals surface area contributed by atoms with Crippen LogP contribution in [-0.2, 0) is 13.1 Å². The van der Waals surface area contributed by atoms with Gasteiger partial charge in [-0.3, -0.25) is 9.89 Å². The van der Waals surface area contributed by atoms with Crippen LogP contribution in [0.1, 0.15) is 19.2 Å². The summed E-state index contributed by atoms with van der Waals surface area (Å²) in [6.45, 7) is 3.13. The first-order valence-electron chi connectivity index (χ1n) is 7.54. The summed E-state index contributed by atoms with van der Waals surface area (Å²) in [5.41, 5.74) is 0. The third-order valence-corrected chi connectivity index (χ3v) is 3.69. The van der Waals surface area contributed by atoms with Gasteiger partial charge in [-0.05, 0) is 13.3 Å². The molecule has 23 heavy (non-hydrogen) atoms. The summed E-state index contributed by atoms with van der Waals surface area (Å²) in [7, 11) is 1.63. The number of hydrogen-bond acceptors (Lipinski definition) is 4. The second kappa shape index (κ2) is 7.62. The van der Waals surface area contributed by atoms with Crippen molar-refractivity contribution in [1.82, 2.24) is 30.3 Å². The third-order valence-electron chi connectivity index (χ3n) is 3.69. The normalized spacial score (nSPS) is 20.0. The lowest BCUT2D eigenvalue weighted by Gasteiger charge is -2.19. The molecule has 0 aromatic carbocycles. The summed E-state index contributed by atoms with van der Waals surface area (Å²) >= 11 is 0. The molecule has 7 nitrogen and oxygen atoms in total. The second-order valence-electron chi connectivity index (χ2n) is 5.44. The number of aryl methyl sites for hydroxylation is 1. The van der Waals surface area contributed by atoms with Crippen molar-refractivity contribution in [1.29, 1.82) is 0 Å². The van der Waals surface area contributed by atoms with Crippen LogP contribution in [0, 0.1) is 0 Å². The van der Waals surface area contributed by atoms with Crippen molar-refractivity contribution in [2.24, 2.45) is 4.99 Å². The molecular weight excluding hydrogens is 311 g/mol. The van der Waals surface area contributed by atoms with E-state index in [1.807, 2.05) is 11.5 Å². The van der Waals surface area contributed by atoms with Crippen LogP contribution in [-0.4, -0.2) is 64.5 Å². The minimum Gasteiger partial charge on any atom is -0.352 e. The lowest BCUT2D eigenvalue weighted by Crippen LogP contribution is -2.45. The van der Waals surface area contributed by atoms with E-state index >= 15 is 0 Å². The molecular formula is C13H22F3N7. The number of aliphatic imine (C=N–C) groups is 1. The topological polar surface area (TPSA) is 70.4 Å². The Labute approximate surface area is 133 Å². The number of likely N-dealkylation sites (tertiary alicyclic amines) is 1. The van der Waals surface area contributed by atoms with Crippen LogP contribution in [0.15, 0.2) is 11.3 Å². The zero-order valence-corrected chi connectivity index (χ0v) is 13.3. The summed E-state index contributed by atoms with van der Waals surface area (Å²) < 4.78 is 39.1. The monoisotopic (exact) mass is 333 g/mol. The van der Waals surface area contributed by atoms with Gasteiger partial charge >= 0.3 is 6.18 Å². The Hall–Kier alpha value is -1.84. The highest BCUT2D eigenvalue weighted by molar-refractivity contribution is 5.79. The smallest absolute Gasteiger partial charge is 0.352 e. The number of halogens is 3. The minimum atomic E-state index is -4.15. The maximum absolute atomic E-state index is 12.4. The second-order valence-corrected chi connectivity index (χ2v) is 5.44. The van der Waals surface area contributed by atoms with Crippen LogP contribution in [0.3, 0.4) is 0 Å². The number of aromatic nitrogens is 3. The fourth-order valence-corrected chi connectivity index (χ4v) is 2.58. The van der Waals surface area contributed by atoms with Crippen LogP contribution < -0.4 is 10.6 Å². The number of hydrogen-bond donors (Lipinski definition) is 2. The lowest BCUT2D eigenvalue weighted by molar-refractivity contribution is -0.143. The Morgan fingerprint density at radius 3 is 2.91 bits per heavy atom. The van der Waals surface area contributed by atoms with E-state index in [1.54, 1.807) is 13.4 Å². The van der Waals surface area contributed by atoms with Gasteiger partial charge in [-0.25, -0.2) is 0 Å². The quantitative estimate of drug-likeness (QED) is 0.610. The molecule has 0 amide bonds. The average Bonchev–Trinajstić information content (AvgIpc) is 3.10. The Morgan fingerprint density at radius 1 is 1.48 bits per heavy atom. The van der Waals surface area contributed by atoms with Crippen LogP contribution in [0.2, 0.25) is 0 Å². The fraction of sp³-hybridized carbons (Fsp3) is 0.769. The Morgan fingerprint density at radius 2 is 2.26 bits per heavy atom. The van der Waals surface area contributed by atoms with Gasteiger partial charge in [-0.15, -0.1) is 10.2 Å². The zero-order chi connectivity index (χ0) is 16.9. The predicted octanol–water partition coefficient (Wildman–Crippen LogP) is 0.600. The molecule has 10 heteroatoms. The van der Waals surface area contributed by atoms with E-state index in [1.165, 1.54) is 4.90 Å². The highest BCUT2D eigenvalue weighted by Gasteiger charge is 2.34. The summed E-state index contributed by atoms with van der Waals surface area (Å²) in [4.78, 5) is 5.50. The van der Waals surface area contributed by atoms with Crippen molar-refractivity contribution in [3.05, 3.63) is 12.2 Å². The summed E-state index contributed by atoms with van der Waals surface area (Å²) in [5, 5.41) is 14.1. The molecule has 1 aromatic rings. The SMILES string of the molecule is CCn1cnnc1CNC(=NC)NC1CCN(CC(F)(F)F)C1. The molecule has 1 atom stereocenters. The lowest BCUT2D eigenvalue weighted by atomic mass is 10.3. The van der Waals surface area contributed by atoms with Crippen LogP contribution in [0.25, 0.3) is 0 Å². The van der Waals surface area contributed by atoms with E-state index in [2.05, 4.69) is 25.8 Å². The molecule has 0 aliphatic carbocycles. The molecule has 1 aliphatic heterocycles. The summed E-state index contributed by atoms with van der Waals surface area (Å²) in [5.74, 6) is 1.33. The molecule has 2 heterocycles. The fourth-order valence-electron chi connectivity index (χ4n) is 2.58. The van der Waals surface area contributed by atoms with Crippen LogP contribution >= 0.6 is 0 Å². The molecule has 2 rings (SSSR count). The molecule has 1 unspecified atom stereocenters. The summed E-state index contributed by atoms with van der Waals surface area (Å²) in [6, 6.07) is -0.0485. The predicted molar refractivity (Wildman–Crippen MR) is 79.9 cm³/mol. The first-order chi connectivity index (χ1) is 10.9. The highest BCUT2D eigenvalue weighted by atomic mass is 19.4. The molecule has 1 aromatic heterocycles. The number of alkyl halides is 3. The average molecular weight is 333 g/mol.